The maximum Gasteiger partial charge on any atom is 0.253 e. The van der Waals surface area contributed by atoms with Crippen molar-refractivity contribution in [3.8, 4) is 5.69 Å². The van der Waals surface area contributed by atoms with Crippen LogP contribution in [0.5, 0.6) is 0 Å². The van der Waals surface area contributed by atoms with E-state index in [1.54, 1.807) is 23.3 Å². The number of hydrogen-bond donors (Lipinski definition) is 2. The summed E-state index contributed by atoms with van der Waals surface area (Å²) in [5, 5.41) is 20.9. The molecule has 1 aromatic carbocycles. The van der Waals surface area contributed by atoms with Crippen LogP contribution in [0.4, 0.5) is 0 Å². The second-order valence-electron chi connectivity index (χ2n) is 5.85. The van der Waals surface area contributed by atoms with Crippen molar-refractivity contribution in [1.29, 1.82) is 0 Å². The number of carbonyl (C=O) groups is 1. The number of nitrogens with one attached hydrogen (secondary N) is 1. The molecule has 0 bridgehead atoms. The van der Waals surface area contributed by atoms with Gasteiger partial charge < -0.3 is 10.4 Å². The summed E-state index contributed by atoms with van der Waals surface area (Å²) in [4.78, 5) is 12.5. The Labute approximate surface area is 129 Å². The smallest absolute Gasteiger partial charge is 0.253 e. The van der Waals surface area contributed by atoms with E-state index in [-0.39, 0.29) is 5.91 Å². The molecule has 1 saturated carbocycles. The molecule has 1 heterocycles. The molecule has 1 fully saturated rings. The van der Waals surface area contributed by atoms with Gasteiger partial charge in [-0.3, -0.25) is 9.36 Å². The molecule has 1 amide bonds. The van der Waals surface area contributed by atoms with Gasteiger partial charge in [-0.2, -0.15) is 0 Å². The maximum atomic E-state index is 12.5. The normalized spacial score (nSPS) is 17.1. The maximum absolute atomic E-state index is 12.5. The summed E-state index contributed by atoms with van der Waals surface area (Å²) in [5.41, 5.74) is 0.502. The van der Waals surface area contributed by atoms with Crippen LogP contribution >= 0.6 is 0 Å². The Morgan fingerprint density at radius 3 is 2.59 bits per heavy atom. The predicted octanol–water partition coefficient (Wildman–Crippen LogP) is 1.69. The Balaban J connectivity index is 1.73. The molecular weight excluding hydrogens is 280 g/mol. The first-order valence-electron chi connectivity index (χ1n) is 7.63. The summed E-state index contributed by atoms with van der Waals surface area (Å²) in [5.74, 6) is -0.191. The molecule has 2 N–H and O–H groups in total. The molecule has 0 unspecified atom stereocenters. The second kappa shape index (κ2) is 6.27. The number of nitrogens with zero attached hydrogens (tertiary/aromatic N) is 3. The zero-order valence-electron chi connectivity index (χ0n) is 12.4. The molecule has 116 valence electrons. The number of benzene rings is 1. The fourth-order valence-corrected chi connectivity index (χ4v) is 2.94. The Bertz CT molecular complexity index is 633. The molecule has 3 rings (SSSR count). The third-order valence-electron chi connectivity index (χ3n) is 4.21. The molecule has 1 aliphatic rings. The number of aliphatic hydroxyl groups is 1. The summed E-state index contributed by atoms with van der Waals surface area (Å²) in [6.07, 6.45) is 7.81. The molecule has 0 saturated heterocycles. The predicted molar refractivity (Wildman–Crippen MR) is 81.7 cm³/mol. The first-order chi connectivity index (χ1) is 10.7. The van der Waals surface area contributed by atoms with Crippen LogP contribution in [-0.4, -0.2) is 37.9 Å². The average molecular weight is 300 g/mol. The lowest BCUT2D eigenvalue weighted by Crippen LogP contribution is -2.44. The van der Waals surface area contributed by atoms with Gasteiger partial charge in [0, 0.05) is 6.54 Å². The van der Waals surface area contributed by atoms with Crippen LogP contribution in [0.25, 0.3) is 5.69 Å². The number of hydrogen-bond acceptors (Lipinski definition) is 4. The van der Waals surface area contributed by atoms with Gasteiger partial charge >= 0.3 is 0 Å². The summed E-state index contributed by atoms with van der Waals surface area (Å²) < 4.78 is 1.70. The highest BCUT2D eigenvalue weighted by Gasteiger charge is 2.29. The van der Waals surface area contributed by atoms with E-state index in [0.717, 1.165) is 37.8 Å². The Morgan fingerprint density at radius 2 is 1.86 bits per heavy atom. The summed E-state index contributed by atoms with van der Waals surface area (Å²) in [6.45, 7) is 0.294. The van der Waals surface area contributed by atoms with E-state index in [1.165, 1.54) is 0 Å². The van der Waals surface area contributed by atoms with E-state index in [2.05, 4.69) is 15.5 Å². The molecule has 6 heteroatoms. The van der Waals surface area contributed by atoms with E-state index in [4.69, 9.17) is 0 Å². The van der Waals surface area contributed by atoms with Gasteiger partial charge in [0.25, 0.3) is 5.91 Å². The van der Waals surface area contributed by atoms with Gasteiger partial charge in [0.2, 0.25) is 0 Å². The third-order valence-corrected chi connectivity index (χ3v) is 4.21. The number of rotatable bonds is 4. The van der Waals surface area contributed by atoms with Gasteiger partial charge in [-0.15, -0.1) is 10.2 Å². The van der Waals surface area contributed by atoms with Crippen LogP contribution in [0.3, 0.4) is 0 Å². The van der Waals surface area contributed by atoms with Crippen molar-refractivity contribution in [2.24, 2.45) is 0 Å². The molecule has 0 atom stereocenters. The van der Waals surface area contributed by atoms with Crippen LogP contribution in [0.2, 0.25) is 0 Å². The van der Waals surface area contributed by atoms with E-state index >= 15 is 0 Å². The molecule has 0 radical (unpaired) electrons. The van der Waals surface area contributed by atoms with Gasteiger partial charge in [-0.05, 0) is 25.0 Å². The minimum Gasteiger partial charge on any atom is -0.388 e. The second-order valence-corrected chi connectivity index (χ2v) is 5.85. The fourth-order valence-electron chi connectivity index (χ4n) is 2.94. The number of carbonyl (C=O) groups excluding carboxylic acids is 1. The molecule has 6 nitrogen and oxygen atoms in total. The van der Waals surface area contributed by atoms with Crippen molar-refractivity contribution < 1.29 is 9.90 Å². The van der Waals surface area contributed by atoms with Crippen LogP contribution in [0.15, 0.2) is 36.9 Å². The van der Waals surface area contributed by atoms with Crippen molar-refractivity contribution in [1.82, 2.24) is 20.1 Å². The number of aromatic nitrogens is 3. The van der Waals surface area contributed by atoms with E-state index in [1.807, 2.05) is 18.2 Å². The van der Waals surface area contributed by atoms with Crippen molar-refractivity contribution in [2.45, 2.75) is 37.7 Å². The summed E-state index contributed by atoms with van der Waals surface area (Å²) in [6, 6.07) is 7.28. The molecule has 1 aliphatic carbocycles. The van der Waals surface area contributed by atoms with Crippen molar-refractivity contribution in [2.75, 3.05) is 6.54 Å². The van der Waals surface area contributed by atoms with Gasteiger partial charge in [0.15, 0.2) is 0 Å². The summed E-state index contributed by atoms with van der Waals surface area (Å²) in [7, 11) is 0. The molecular formula is C16H20N4O2. The highest BCUT2D eigenvalue weighted by atomic mass is 16.3. The zero-order chi connectivity index (χ0) is 15.4. The number of para-hydroxylation sites is 1. The van der Waals surface area contributed by atoms with Gasteiger partial charge in [0.1, 0.15) is 12.7 Å². The van der Waals surface area contributed by atoms with Gasteiger partial charge in [-0.25, -0.2) is 0 Å². The average Bonchev–Trinajstić information content (AvgIpc) is 3.08. The molecule has 0 aliphatic heterocycles. The molecule has 22 heavy (non-hydrogen) atoms. The van der Waals surface area contributed by atoms with Crippen LogP contribution in [0.1, 0.15) is 42.5 Å². The third kappa shape index (κ3) is 3.17. The highest BCUT2D eigenvalue weighted by Crippen LogP contribution is 2.27. The first-order valence-corrected chi connectivity index (χ1v) is 7.63. The lowest BCUT2D eigenvalue weighted by Gasteiger charge is -2.32. The Morgan fingerprint density at radius 1 is 1.18 bits per heavy atom. The van der Waals surface area contributed by atoms with Crippen LogP contribution in [0, 0.1) is 0 Å². The van der Waals surface area contributed by atoms with Crippen molar-refractivity contribution >= 4 is 5.91 Å². The lowest BCUT2D eigenvalue weighted by atomic mass is 9.85. The lowest BCUT2D eigenvalue weighted by molar-refractivity contribution is 0.00525. The van der Waals surface area contributed by atoms with Crippen molar-refractivity contribution in [3.63, 3.8) is 0 Å². The minimum absolute atomic E-state index is 0.191. The van der Waals surface area contributed by atoms with E-state index in [0.29, 0.717) is 12.1 Å². The Hall–Kier alpha value is -2.21. The van der Waals surface area contributed by atoms with E-state index in [9.17, 15) is 9.90 Å². The number of amides is 1. The molecule has 0 spiro atoms. The first kappa shape index (κ1) is 14.7. The quantitative estimate of drug-likeness (QED) is 0.900. The highest BCUT2D eigenvalue weighted by molar-refractivity contribution is 5.97. The topological polar surface area (TPSA) is 80.0 Å². The standard InChI is InChI=1S/C16H20N4O2/c21-15(17-10-16(22)8-4-1-5-9-16)13-6-2-3-7-14(13)20-11-18-19-12-20/h2-3,6-7,11-12,22H,1,4-5,8-10H2,(H,17,21). The SMILES string of the molecule is O=C(NCC1(O)CCCCC1)c1ccccc1-n1cnnc1. The van der Waals surface area contributed by atoms with E-state index < -0.39 is 5.60 Å². The summed E-state index contributed by atoms with van der Waals surface area (Å²) >= 11 is 0. The van der Waals surface area contributed by atoms with Gasteiger partial charge in [-0.1, -0.05) is 31.4 Å². The van der Waals surface area contributed by atoms with Gasteiger partial charge in [0.05, 0.1) is 16.9 Å². The fraction of sp³-hybridized carbons (Fsp3) is 0.438. The minimum atomic E-state index is -0.764. The van der Waals surface area contributed by atoms with Crippen LogP contribution < -0.4 is 5.32 Å². The zero-order valence-corrected chi connectivity index (χ0v) is 12.4. The van der Waals surface area contributed by atoms with Crippen molar-refractivity contribution in [3.05, 3.63) is 42.5 Å². The van der Waals surface area contributed by atoms with Crippen LogP contribution in [-0.2, 0) is 0 Å². The molecule has 2 aromatic rings. The molecule has 1 aromatic heterocycles. The Kier molecular flexibility index (Phi) is 4.20. The monoisotopic (exact) mass is 300 g/mol. The largest absolute Gasteiger partial charge is 0.388 e.